The molecule has 1 heterocycles. The summed E-state index contributed by atoms with van der Waals surface area (Å²) in [7, 11) is 0. The molecule has 1 aromatic heterocycles. The zero-order valence-electron chi connectivity index (χ0n) is 36.3. The summed E-state index contributed by atoms with van der Waals surface area (Å²) in [5.41, 5.74) is 20.1. The Balaban J connectivity index is 1.09. The van der Waals surface area contributed by atoms with Crippen molar-refractivity contribution in [3.63, 3.8) is 0 Å². The number of rotatable bonds is 8. The van der Waals surface area contributed by atoms with E-state index in [1.807, 2.05) is 12.3 Å². The van der Waals surface area contributed by atoms with Gasteiger partial charge in [-0.05, 0) is 135 Å². The molecule has 0 amide bonds. The van der Waals surface area contributed by atoms with E-state index < -0.39 is 0 Å². The van der Waals surface area contributed by atoms with Crippen LogP contribution in [0, 0.1) is 0 Å². The molecule has 0 bridgehead atoms. The molecule has 0 saturated carbocycles. The van der Waals surface area contributed by atoms with Crippen LogP contribution in [0.2, 0.25) is 0 Å². The summed E-state index contributed by atoms with van der Waals surface area (Å²) in [6, 6.07) is 93.0. The highest BCUT2D eigenvalue weighted by atomic mass is 14.6. The quantitative estimate of drug-likeness (QED) is 0.139. The van der Waals surface area contributed by atoms with Crippen LogP contribution in [0.15, 0.2) is 261 Å². The number of benzene rings is 11. The molecule has 1 heteroatoms. The summed E-state index contributed by atoms with van der Waals surface area (Å²) >= 11 is 0. The van der Waals surface area contributed by atoms with Crippen LogP contribution in [-0.2, 0) is 0 Å². The minimum atomic E-state index is 1.00. The topological polar surface area (TPSA) is 12.9 Å². The van der Waals surface area contributed by atoms with E-state index in [0.717, 1.165) is 22.0 Å². The molecule has 0 unspecified atom stereocenters. The van der Waals surface area contributed by atoms with E-state index in [0.29, 0.717) is 0 Å². The molecule has 12 aromatic rings. The normalized spacial score (nSPS) is 11.3. The lowest BCUT2D eigenvalue weighted by Crippen LogP contribution is -1.98. The molecule has 0 saturated heterocycles. The van der Waals surface area contributed by atoms with Crippen LogP contribution in [-0.4, -0.2) is 4.98 Å². The lowest BCUT2D eigenvalue weighted by atomic mass is 9.78. The minimum absolute atomic E-state index is 1.00. The summed E-state index contributed by atoms with van der Waals surface area (Å²) in [5.74, 6) is 0. The van der Waals surface area contributed by atoms with Crippen LogP contribution >= 0.6 is 0 Å². The van der Waals surface area contributed by atoms with Crippen molar-refractivity contribution in [2.75, 3.05) is 0 Å². The third kappa shape index (κ3) is 6.95. The van der Waals surface area contributed by atoms with Crippen LogP contribution in [0.3, 0.4) is 0 Å². The van der Waals surface area contributed by atoms with E-state index in [2.05, 4.69) is 254 Å². The standard InChI is InChI=1S/C65H43N/c1-5-19-45(20-6-1)58-43-59(64(48-23-9-3-10-24-48)65(49-25-11-4-12-26-49)63(58)47-21-7-2-8-22-47)52-27-17-28-53(41-52)62-56-32-15-13-30-54(56)61(55-31-14-16-33-57(55)62)50-37-34-44(35-38-50)51-39-36-46-29-18-40-66-60(46)42-51/h1-43H. The third-order valence-electron chi connectivity index (χ3n) is 13.1. The highest BCUT2D eigenvalue weighted by molar-refractivity contribution is 6.21. The first-order chi connectivity index (χ1) is 32.8. The minimum Gasteiger partial charge on any atom is -0.256 e. The van der Waals surface area contributed by atoms with Gasteiger partial charge in [-0.2, -0.15) is 0 Å². The molecule has 0 N–H and O–H groups in total. The first-order valence-corrected chi connectivity index (χ1v) is 22.7. The van der Waals surface area contributed by atoms with Gasteiger partial charge in [0.2, 0.25) is 0 Å². The smallest absolute Gasteiger partial charge is 0.0708 e. The molecule has 11 aromatic carbocycles. The van der Waals surface area contributed by atoms with Crippen molar-refractivity contribution in [1.82, 2.24) is 4.98 Å². The molecule has 0 radical (unpaired) electrons. The van der Waals surface area contributed by atoms with Gasteiger partial charge in [0.25, 0.3) is 0 Å². The number of pyridine rings is 1. The Labute approximate surface area is 385 Å². The van der Waals surface area contributed by atoms with Gasteiger partial charge in [0.15, 0.2) is 0 Å². The summed E-state index contributed by atoms with van der Waals surface area (Å²) in [5, 5.41) is 6.06. The van der Waals surface area contributed by atoms with Crippen molar-refractivity contribution < 1.29 is 0 Å². The fourth-order valence-electron chi connectivity index (χ4n) is 10.1. The van der Waals surface area contributed by atoms with E-state index in [4.69, 9.17) is 0 Å². The Morgan fingerprint density at radius 3 is 1.18 bits per heavy atom. The van der Waals surface area contributed by atoms with Gasteiger partial charge in [0, 0.05) is 11.6 Å². The van der Waals surface area contributed by atoms with Crippen molar-refractivity contribution in [1.29, 1.82) is 0 Å². The molecular formula is C65H43N. The lowest BCUT2D eigenvalue weighted by molar-refractivity contribution is 1.41. The molecule has 0 atom stereocenters. The maximum absolute atomic E-state index is 4.62. The van der Waals surface area contributed by atoms with E-state index in [9.17, 15) is 0 Å². The number of aromatic nitrogens is 1. The van der Waals surface area contributed by atoms with Gasteiger partial charge in [-0.1, -0.05) is 231 Å². The zero-order chi connectivity index (χ0) is 43.8. The molecule has 66 heavy (non-hydrogen) atoms. The fourth-order valence-corrected chi connectivity index (χ4v) is 10.1. The SMILES string of the molecule is c1ccc(-c2cc(-c3cccc(-c4c5ccccc5c(-c5ccc(-c6ccc7cccnc7c6)cc5)c5ccccc45)c3)c(-c3ccccc3)c(-c3ccccc3)c2-c2ccccc2)cc1. The molecule has 308 valence electrons. The maximum Gasteiger partial charge on any atom is 0.0708 e. The van der Waals surface area contributed by atoms with Gasteiger partial charge in [-0.3, -0.25) is 4.98 Å². The van der Waals surface area contributed by atoms with Crippen LogP contribution in [0.25, 0.3) is 121 Å². The Morgan fingerprint density at radius 2 is 0.621 bits per heavy atom. The van der Waals surface area contributed by atoms with Crippen molar-refractivity contribution in [3.05, 3.63) is 261 Å². The largest absolute Gasteiger partial charge is 0.256 e. The monoisotopic (exact) mass is 837 g/mol. The Kier molecular flexibility index (Phi) is 9.93. The Bertz CT molecular complexity index is 3650. The van der Waals surface area contributed by atoms with E-state index in [1.54, 1.807) is 0 Å². The highest BCUT2D eigenvalue weighted by Crippen LogP contribution is 2.51. The number of hydrogen-bond acceptors (Lipinski definition) is 1. The van der Waals surface area contributed by atoms with Gasteiger partial charge >= 0.3 is 0 Å². The molecule has 0 fully saturated rings. The highest BCUT2D eigenvalue weighted by Gasteiger charge is 2.24. The maximum atomic E-state index is 4.62. The van der Waals surface area contributed by atoms with Crippen LogP contribution in [0.1, 0.15) is 0 Å². The van der Waals surface area contributed by atoms with Gasteiger partial charge < -0.3 is 0 Å². The summed E-state index contributed by atoms with van der Waals surface area (Å²) in [6.07, 6.45) is 1.86. The first-order valence-electron chi connectivity index (χ1n) is 22.7. The second kappa shape index (κ2) is 16.8. The number of fused-ring (bicyclic) bond motifs is 3. The van der Waals surface area contributed by atoms with Gasteiger partial charge in [-0.25, -0.2) is 0 Å². The van der Waals surface area contributed by atoms with Crippen LogP contribution < -0.4 is 0 Å². The van der Waals surface area contributed by atoms with Crippen molar-refractivity contribution in [2.24, 2.45) is 0 Å². The van der Waals surface area contributed by atoms with E-state index in [1.165, 1.54) is 99.4 Å². The number of hydrogen-bond donors (Lipinski definition) is 0. The summed E-state index contributed by atoms with van der Waals surface area (Å²) in [4.78, 5) is 4.62. The molecule has 0 spiro atoms. The molecular weight excluding hydrogens is 795 g/mol. The Hall–Kier alpha value is -8.65. The zero-order valence-corrected chi connectivity index (χ0v) is 36.3. The van der Waals surface area contributed by atoms with Crippen LogP contribution in [0.4, 0.5) is 0 Å². The second-order valence-corrected chi connectivity index (χ2v) is 17.0. The predicted octanol–water partition coefficient (Wildman–Crippen LogP) is 17.9. The fraction of sp³-hybridized carbons (Fsp3) is 0. The molecule has 0 aliphatic rings. The molecule has 12 rings (SSSR count). The molecule has 1 nitrogen and oxygen atoms in total. The van der Waals surface area contributed by atoms with E-state index in [-0.39, 0.29) is 0 Å². The lowest BCUT2D eigenvalue weighted by Gasteiger charge is -2.25. The summed E-state index contributed by atoms with van der Waals surface area (Å²) < 4.78 is 0. The average Bonchev–Trinajstić information content (AvgIpc) is 3.40. The van der Waals surface area contributed by atoms with Gasteiger partial charge in [0.1, 0.15) is 0 Å². The summed E-state index contributed by atoms with van der Waals surface area (Å²) in [6.45, 7) is 0. The third-order valence-corrected chi connectivity index (χ3v) is 13.1. The first kappa shape index (κ1) is 39.0. The number of nitrogens with zero attached hydrogens (tertiary/aromatic N) is 1. The predicted molar refractivity (Wildman–Crippen MR) is 280 cm³/mol. The Morgan fingerprint density at radius 1 is 0.212 bits per heavy atom. The molecule has 0 aliphatic carbocycles. The second-order valence-electron chi connectivity index (χ2n) is 17.0. The van der Waals surface area contributed by atoms with Gasteiger partial charge in [-0.15, -0.1) is 0 Å². The molecule has 0 aliphatic heterocycles. The van der Waals surface area contributed by atoms with E-state index >= 15 is 0 Å². The van der Waals surface area contributed by atoms with Crippen molar-refractivity contribution in [3.8, 4) is 89.0 Å². The van der Waals surface area contributed by atoms with Crippen molar-refractivity contribution in [2.45, 2.75) is 0 Å². The van der Waals surface area contributed by atoms with Crippen LogP contribution in [0.5, 0.6) is 0 Å². The van der Waals surface area contributed by atoms with Crippen molar-refractivity contribution >= 4 is 32.4 Å². The average molecular weight is 838 g/mol. The van der Waals surface area contributed by atoms with Gasteiger partial charge in [0.05, 0.1) is 5.52 Å².